The summed E-state index contributed by atoms with van der Waals surface area (Å²) in [6.07, 6.45) is 0.656. The Hall–Kier alpha value is -5.27. The van der Waals surface area contributed by atoms with Crippen molar-refractivity contribution in [2.24, 2.45) is 40.9 Å². The summed E-state index contributed by atoms with van der Waals surface area (Å²) in [6.45, 7) is 9.83. The molecule has 4 bridgehead atoms. The van der Waals surface area contributed by atoms with Crippen molar-refractivity contribution >= 4 is 29.8 Å². The number of fused-ring (bicyclic) bond motifs is 3. The van der Waals surface area contributed by atoms with Gasteiger partial charge in [-0.3, -0.25) is 14.4 Å². The van der Waals surface area contributed by atoms with Gasteiger partial charge in [0.1, 0.15) is 41.3 Å². The Bertz CT molecular complexity index is 2020. The lowest BCUT2D eigenvalue weighted by atomic mass is 9.76. The summed E-state index contributed by atoms with van der Waals surface area (Å²) < 4.78 is 38.4. The maximum atomic E-state index is 13.7. The third kappa shape index (κ3) is 6.10. The molecule has 10 atom stereocenters. The van der Waals surface area contributed by atoms with E-state index in [0.29, 0.717) is 19.3 Å². The molecular formula is C37H36O14. The van der Waals surface area contributed by atoms with E-state index >= 15 is 0 Å². The van der Waals surface area contributed by atoms with Crippen LogP contribution in [0.25, 0.3) is 0 Å². The zero-order chi connectivity index (χ0) is 36.5. The van der Waals surface area contributed by atoms with E-state index in [4.69, 9.17) is 32.5 Å². The largest absolute Gasteiger partial charge is 0.458 e. The van der Waals surface area contributed by atoms with Crippen molar-refractivity contribution < 1.29 is 56.5 Å². The summed E-state index contributed by atoms with van der Waals surface area (Å²) in [7, 11) is 0. The van der Waals surface area contributed by atoms with Crippen molar-refractivity contribution in [3.63, 3.8) is 0 Å². The summed E-state index contributed by atoms with van der Waals surface area (Å²) in [5, 5.41) is 0. The van der Waals surface area contributed by atoms with Gasteiger partial charge in [-0.2, -0.15) is 0 Å². The topological polar surface area (TPSA) is 192 Å². The summed E-state index contributed by atoms with van der Waals surface area (Å²) >= 11 is 0. The molecule has 5 aliphatic rings. The monoisotopic (exact) mass is 704 g/mol. The number of carbonyl (C=O) groups excluding carboxylic acids is 5. The van der Waals surface area contributed by atoms with E-state index in [0.717, 1.165) is 12.1 Å². The van der Waals surface area contributed by atoms with Crippen LogP contribution in [-0.4, -0.2) is 48.2 Å². The van der Waals surface area contributed by atoms with Crippen molar-refractivity contribution in [3.05, 3.63) is 80.4 Å². The molecule has 10 unspecified atom stereocenters. The fraction of sp³-hybridized carbons (Fsp3) is 0.486. The first-order valence-corrected chi connectivity index (χ1v) is 16.8. The molecule has 5 fully saturated rings. The predicted octanol–water partition coefficient (Wildman–Crippen LogP) is 3.29. The smallest absolute Gasteiger partial charge is 0.339 e. The van der Waals surface area contributed by atoms with Crippen LogP contribution >= 0.6 is 0 Å². The van der Waals surface area contributed by atoms with Crippen LogP contribution in [0.5, 0.6) is 11.5 Å². The molecule has 7 rings (SSSR count). The van der Waals surface area contributed by atoms with E-state index in [1.165, 1.54) is 26.0 Å². The molecule has 14 nitrogen and oxygen atoms in total. The number of rotatable bonds is 9. The van der Waals surface area contributed by atoms with Crippen molar-refractivity contribution in [2.75, 3.05) is 0 Å². The molecule has 4 aliphatic carbocycles. The zero-order valence-corrected chi connectivity index (χ0v) is 28.3. The van der Waals surface area contributed by atoms with Crippen molar-refractivity contribution in [1.82, 2.24) is 0 Å². The van der Waals surface area contributed by atoms with Gasteiger partial charge in [0.05, 0.1) is 29.9 Å². The Morgan fingerprint density at radius 1 is 0.824 bits per heavy atom. The molecule has 0 radical (unpaired) electrons. The Labute approximate surface area is 290 Å². The lowest BCUT2D eigenvalue weighted by Crippen LogP contribution is -2.44. The normalized spacial score (nSPS) is 32.7. The molecule has 0 aromatic carbocycles. The van der Waals surface area contributed by atoms with Gasteiger partial charge >= 0.3 is 41.1 Å². The van der Waals surface area contributed by atoms with Crippen LogP contribution in [0.4, 0.5) is 0 Å². The van der Waals surface area contributed by atoms with Gasteiger partial charge in [0.25, 0.3) is 0 Å². The highest BCUT2D eigenvalue weighted by atomic mass is 16.6. The highest BCUT2D eigenvalue weighted by molar-refractivity contribution is 5.90. The van der Waals surface area contributed by atoms with E-state index in [1.807, 2.05) is 0 Å². The third-order valence-corrected chi connectivity index (χ3v) is 10.9. The lowest BCUT2D eigenvalue weighted by Gasteiger charge is -2.35. The van der Waals surface area contributed by atoms with E-state index < -0.39 is 88.5 Å². The van der Waals surface area contributed by atoms with Crippen LogP contribution in [0.1, 0.15) is 51.1 Å². The van der Waals surface area contributed by atoms with Crippen LogP contribution in [-0.2, 0) is 38.2 Å². The second-order valence-corrected chi connectivity index (χ2v) is 14.4. The number of hydrogen-bond acceptors (Lipinski definition) is 14. The summed E-state index contributed by atoms with van der Waals surface area (Å²) in [5.41, 5.74) is -1.92. The van der Waals surface area contributed by atoms with Gasteiger partial charge in [-0.25, -0.2) is 19.2 Å². The molecule has 2 aromatic heterocycles. The molecule has 3 heterocycles. The SMILES string of the molecule is C=C(C)C(=O)OC1CC2CC1(/C=C(\C)C(=O)OC1C3CC4C1OC(=O)C4C3C(=O)Oc1cc(C)oc(=O)c1)CC2C(=O)Oc1cc(C)oc(=O)c1. The average Bonchev–Trinajstić information content (AvgIpc) is 3.81. The van der Waals surface area contributed by atoms with E-state index in [-0.39, 0.29) is 52.4 Å². The van der Waals surface area contributed by atoms with Gasteiger partial charge in [0, 0.05) is 40.5 Å². The van der Waals surface area contributed by atoms with Crippen LogP contribution < -0.4 is 20.7 Å². The quantitative estimate of drug-likeness (QED) is 0.210. The van der Waals surface area contributed by atoms with Gasteiger partial charge in [-0.05, 0) is 59.3 Å². The van der Waals surface area contributed by atoms with Gasteiger partial charge in [0.2, 0.25) is 0 Å². The standard InChI is InChI=1S/C37H36O14/c1-15(2)32(40)49-25-8-19-13-37(25,14-24(19)34(42)47-20-6-17(4)45-26(38)9-20)12-16(3)33(41)50-30-22-11-23-29(36(44)51-31(23)30)28(22)35(43)48-21-7-18(5)46-27(39)10-21/h6-7,9-10,12,19,22-25,28-31H,1,8,11,13-14H2,2-5H3/b16-12+. The Kier molecular flexibility index (Phi) is 8.38. The minimum Gasteiger partial charge on any atom is -0.458 e. The minimum absolute atomic E-state index is 0.0221. The first-order valence-electron chi connectivity index (χ1n) is 16.8. The van der Waals surface area contributed by atoms with Crippen LogP contribution in [0.2, 0.25) is 0 Å². The number of esters is 5. The highest BCUT2D eigenvalue weighted by Crippen LogP contribution is 2.61. The number of ether oxygens (including phenoxy) is 5. The molecular weight excluding hydrogens is 668 g/mol. The molecule has 4 saturated carbocycles. The lowest BCUT2D eigenvalue weighted by molar-refractivity contribution is -0.160. The Morgan fingerprint density at radius 3 is 2.06 bits per heavy atom. The number of aryl methyl sites for hydroxylation is 2. The first-order chi connectivity index (χ1) is 24.1. The highest BCUT2D eigenvalue weighted by Gasteiger charge is 2.70. The maximum Gasteiger partial charge on any atom is 0.339 e. The van der Waals surface area contributed by atoms with Gasteiger partial charge in [-0.1, -0.05) is 12.7 Å². The number of hydrogen-bond donors (Lipinski definition) is 0. The van der Waals surface area contributed by atoms with Crippen LogP contribution in [0.3, 0.4) is 0 Å². The molecule has 0 spiro atoms. The second-order valence-electron chi connectivity index (χ2n) is 14.4. The summed E-state index contributed by atoms with van der Waals surface area (Å²) in [6, 6.07) is 4.93. The van der Waals surface area contributed by atoms with E-state index in [9.17, 15) is 33.6 Å². The Morgan fingerprint density at radius 2 is 1.45 bits per heavy atom. The molecule has 0 N–H and O–H groups in total. The van der Waals surface area contributed by atoms with Gasteiger partial charge in [0.15, 0.2) is 0 Å². The van der Waals surface area contributed by atoms with Crippen molar-refractivity contribution in [3.8, 4) is 11.5 Å². The van der Waals surface area contributed by atoms with Gasteiger partial charge < -0.3 is 32.5 Å². The maximum absolute atomic E-state index is 13.7. The van der Waals surface area contributed by atoms with Crippen LogP contribution in [0.15, 0.2) is 66.5 Å². The zero-order valence-electron chi connectivity index (χ0n) is 28.3. The second kappa shape index (κ2) is 12.5. The van der Waals surface area contributed by atoms with Crippen molar-refractivity contribution in [1.29, 1.82) is 0 Å². The molecule has 1 saturated heterocycles. The van der Waals surface area contributed by atoms with Gasteiger partial charge in [-0.15, -0.1) is 0 Å². The summed E-state index contributed by atoms with van der Waals surface area (Å²) in [5.74, 6) is -6.18. The molecule has 1 aliphatic heterocycles. The molecule has 14 heteroatoms. The number of carbonyl (C=O) groups is 5. The van der Waals surface area contributed by atoms with Crippen LogP contribution in [0, 0.1) is 54.8 Å². The summed E-state index contributed by atoms with van der Waals surface area (Å²) in [4.78, 5) is 89.7. The molecule has 51 heavy (non-hydrogen) atoms. The fourth-order valence-corrected chi connectivity index (χ4v) is 9.01. The molecule has 2 aromatic rings. The van der Waals surface area contributed by atoms with E-state index in [2.05, 4.69) is 6.58 Å². The minimum atomic E-state index is -0.961. The molecule has 0 amide bonds. The predicted molar refractivity (Wildman–Crippen MR) is 171 cm³/mol. The van der Waals surface area contributed by atoms with Crippen molar-refractivity contribution in [2.45, 2.75) is 71.7 Å². The average molecular weight is 705 g/mol. The molecule has 268 valence electrons. The fourth-order valence-electron chi connectivity index (χ4n) is 9.01. The first kappa shape index (κ1) is 34.2. The van der Waals surface area contributed by atoms with E-state index in [1.54, 1.807) is 19.9 Å². The Balaban J connectivity index is 1.10. The third-order valence-electron chi connectivity index (χ3n) is 10.9.